The second-order valence-electron chi connectivity index (χ2n) is 3.26. The van der Waals surface area contributed by atoms with E-state index in [9.17, 15) is 4.79 Å². The van der Waals surface area contributed by atoms with E-state index in [2.05, 4.69) is 0 Å². The Morgan fingerprint density at radius 1 is 1.43 bits per heavy atom. The third-order valence-electron chi connectivity index (χ3n) is 2.14. The van der Waals surface area contributed by atoms with Crippen molar-refractivity contribution in [3.63, 3.8) is 0 Å². The second kappa shape index (κ2) is 3.77. The van der Waals surface area contributed by atoms with Gasteiger partial charge in [0.05, 0.1) is 13.2 Å². The lowest BCUT2D eigenvalue weighted by Gasteiger charge is -2.13. The Bertz CT molecular complexity index is 326. The summed E-state index contributed by atoms with van der Waals surface area (Å²) in [4.78, 5) is 16.5. The molecule has 1 aliphatic rings. The molecule has 0 bridgehead atoms. The van der Waals surface area contributed by atoms with Crippen molar-refractivity contribution in [3.05, 3.63) is 35.9 Å². The lowest BCUT2D eigenvalue weighted by molar-refractivity contribution is -0.164. The summed E-state index contributed by atoms with van der Waals surface area (Å²) in [5.74, 6) is -0.145. The van der Waals surface area contributed by atoms with Crippen LogP contribution >= 0.6 is 0 Å². The summed E-state index contributed by atoms with van der Waals surface area (Å²) in [5, 5.41) is 1.32. The van der Waals surface area contributed by atoms with Crippen LogP contribution in [0.4, 0.5) is 0 Å². The zero-order valence-electron chi connectivity index (χ0n) is 7.72. The average Bonchev–Trinajstić information content (AvgIpc) is 2.52. The van der Waals surface area contributed by atoms with E-state index in [1.165, 1.54) is 5.06 Å². The highest BCUT2D eigenvalue weighted by Gasteiger charge is 2.29. The van der Waals surface area contributed by atoms with Crippen LogP contribution in [0.3, 0.4) is 0 Å². The van der Waals surface area contributed by atoms with E-state index >= 15 is 0 Å². The van der Waals surface area contributed by atoms with Gasteiger partial charge >= 0.3 is 0 Å². The SMILES string of the molecule is NC1CON(Cc2ccccc2)C1=O. The molecule has 74 valence electrons. The van der Waals surface area contributed by atoms with E-state index in [0.717, 1.165) is 5.56 Å². The van der Waals surface area contributed by atoms with E-state index in [1.54, 1.807) is 0 Å². The topological polar surface area (TPSA) is 55.6 Å². The first-order valence-corrected chi connectivity index (χ1v) is 4.51. The Kier molecular flexibility index (Phi) is 2.47. The van der Waals surface area contributed by atoms with Gasteiger partial charge in [-0.05, 0) is 5.56 Å². The van der Waals surface area contributed by atoms with Gasteiger partial charge in [0, 0.05) is 0 Å². The minimum absolute atomic E-state index is 0.145. The molecule has 2 rings (SSSR count). The summed E-state index contributed by atoms with van der Waals surface area (Å²) in [6, 6.07) is 9.17. The van der Waals surface area contributed by atoms with Crippen LogP contribution in [0.2, 0.25) is 0 Å². The van der Waals surface area contributed by atoms with Crippen LogP contribution in [0, 0.1) is 0 Å². The van der Waals surface area contributed by atoms with Crippen molar-refractivity contribution in [3.8, 4) is 0 Å². The molecule has 2 N–H and O–H groups in total. The number of benzene rings is 1. The summed E-state index contributed by atoms with van der Waals surface area (Å²) in [6.45, 7) is 0.749. The highest BCUT2D eigenvalue weighted by molar-refractivity contribution is 5.82. The van der Waals surface area contributed by atoms with Gasteiger partial charge in [-0.1, -0.05) is 30.3 Å². The van der Waals surface area contributed by atoms with Crippen molar-refractivity contribution in [2.45, 2.75) is 12.6 Å². The Hall–Kier alpha value is -1.39. The number of nitrogens with two attached hydrogens (primary N) is 1. The summed E-state index contributed by atoms with van der Waals surface area (Å²) in [7, 11) is 0. The predicted octanol–water partition coefficient (Wildman–Crippen LogP) is 0.288. The second-order valence-corrected chi connectivity index (χ2v) is 3.26. The smallest absolute Gasteiger partial charge is 0.265 e. The summed E-state index contributed by atoms with van der Waals surface area (Å²) in [5.41, 5.74) is 6.54. The lowest BCUT2D eigenvalue weighted by atomic mass is 10.2. The number of rotatable bonds is 2. The van der Waals surface area contributed by atoms with Crippen LogP contribution in [0.1, 0.15) is 5.56 Å². The fourth-order valence-corrected chi connectivity index (χ4v) is 1.36. The molecule has 0 saturated carbocycles. The minimum Gasteiger partial charge on any atom is -0.318 e. The maximum Gasteiger partial charge on any atom is 0.265 e. The van der Waals surface area contributed by atoms with E-state index in [1.807, 2.05) is 30.3 Å². The molecule has 0 radical (unpaired) electrons. The van der Waals surface area contributed by atoms with Crippen molar-refractivity contribution in [2.75, 3.05) is 6.61 Å². The van der Waals surface area contributed by atoms with Crippen LogP contribution in [0.15, 0.2) is 30.3 Å². The van der Waals surface area contributed by atoms with Crippen molar-refractivity contribution >= 4 is 5.91 Å². The van der Waals surface area contributed by atoms with Gasteiger partial charge in [0.25, 0.3) is 5.91 Å². The highest BCUT2D eigenvalue weighted by atomic mass is 16.7. The molecule has 1 saturated heterocycles. The fourth-order valence-electron chi connectivity index (χ4n) is 1.36. The van der Waals surface area contributed by atoms with E-state index in [4.69, 9.17) is 10.6 Å². The van der Waals surface area contributed by atoms with Crippen molar-refractivity contribution in [1.29, 1.82) is 0 Å². The third kappa shape index (κ3) is 1.76. The normalized spacial score (nSPS) is 21.6. The number of carbonyl (C=O) groups excluding carboxylic acids is 1. The summed E-state index contributed by atoms with van der Waals surface area (Å²) < 4.78 is 0. The van der Waals surface area contributed by atoms with Crippen LogP contribution in [-0.4, -0.2) is 23.6 Å². The summed E-state index contributed by atoms with van der Waals surface area (Å²) in [6.07, 6.45) is 0. The van der Waals surface area contributed by atoms with Crippen molar-refractivity contribution in [2.24, 2.45) is 5.73 Å². The number of amides is 1. The Morgan fingerprint density at radius 3 is 2.71 bits per heavy atom. The van der Waals surface area contributed by atoms with Gasteiger partial charge in [-0.3, -0.25) is 9.63 Å². The predicted molar refractivity (Wildman–Crippen MR) is 50.9 cm³/mol. The molecule has 0 aromatic heterocycles. The van der Waals surface area contributed by atoms with Gasteiger partial charge in [-0.25, -0.2) is 5.06 Å². The number of hydroxylamine groups is 2. The zero-order chi connectivity index (χ0) is 9.97. The van der Waals surface area contributed by atoms with Crippen LogP contribution in [0.25, 0.3) is 0 Å². The Balaban J connectivity index is 2.02. The maximum atomic E-state index is 11.4. The van der Waals surface area contributed by atoms with Gasteiger partial charge in [0.2, 0.25) is 0 Å². The van der Waals surface area contributed by atoms with Crippen molar-refractivity contribution in [1.82, 2.24) is 5.06 Å². The third-order valence-corrected chi connectivity index (χ3v) is 2.14. The number of carbonyl (C=O) groups is 1. The quantitative estimate of drug-likeness (QED) is 0.732. The van der Waals surface area contributed by atoms with Gasteiger partial charge in [0.15, 0.2) is 0 Å². The molecular formula is C10H12N2O2. The van der Waals surface area contributed by atoms with Crippen LogP contribution in [0.5, 0.6) is 0 Å². The van der Waals surface area contributed by atoms with Gasteiger partial charge in [0.1, 0.15) is 6.04 Å². The maximum absolute atomic E-state index is 11.4. The first-order chi connectivity index (χ1) is 6.77. The highest BCUT2D eigenvalue weighted by Crippen LogP contribution is 2.11. The number of hydrogen-bond acceptors (Lipinski definition) is 3. The monoisotopic (exact) mass is 192 g/mol. The molecule has 1 unspecified atom stereocenters. The molecule has 0 aliphatic carbocycles. The van der Waals surface area contributed by atoms with E-state index in [0.29, 0.717) is 6.54 Å². The molecule has 0 spiro atoms. The Labute approximate surface area is 82.2 Å². The van der Waals surface area contributed by atoms with Crippen LogP contribution < -0.4 is 5.73 Å². The standard InChI is InChI=1S/C10H12N2O2/c11-9-7-14-12(10(9)13)6-8-4-2-1-3-5-8/h1-5,9H,6-7,11H2. The van der Waals surface area contributed by atoms with Crippen molar-refractivity contribution < 1.29 is 9.63 Å². The molecule has 1 atom stereocenters. The molecular weight excluding hydrogens is 180 g/mol. The average molecular weight is 192 g/mol. The number of hydrogen-bond donors (Lipinski definition) is 1. The number of nitrogens with zero attached hydrogens (tertiary/aromatic N) is 1. The molecule has 4 nitrogen and oxygen atoms in total. The lowest BCUT2D eigenvalue weighted by Crippen LogP contribution is -2.34. The molecule has 1 aromatic rings. The molecule has 1 fully saturated rings. The van der Waals surface area contributed by atoms with E-state index in [-0.39, 0.29) is 12.5 Å². The zero-order valence-corrected chi connectivity index (χ0v) is 7.72. The fraction of sp³-hybridized carbons (Fsp3) is 0.300. The largest absolute Gasteiger partial charge is 0.318 e. The molecule has 1 aliphatic heterocycles. The molecule has 1 amide bonds. The minimum atomic E-state index is -0.501. The molecule has 14 heavy (non-hydrogen) atoms. The molecule has 1 heterocycles. The Morgan fingerprint density at radius 2 is 2.14 bits per heavy atom. The van der Waals surface area contributed by atoms with Gasteiger partial charge in [-0.15, -0.1) is 0 Å². The first kappa shape index (κ1) is 9.18. The van der Waals surface area contributed by atoms with Crippen LogP contribution in [-0.2, 0) is 16.2 Å². The van der Waals surface area contributed by atoms with Gasteiger partial charge in [-0.2, -0.15) is 0 Å². The molecule has 1 aromatic carbocycles. The first-order valence-electron chi connectivity index (χ1n) is 4.51. The molecule has 4 heteroatoms. The van der Waals surface area contributed by atoms with E-state index < -0.39 is 6.04 Å². The summed E-state index contributed by atoms with van der Waals surface area (Å²) >= 11 is 0. The van der Waals surface area contributed by atoms with Gasteiger partial charge < -0.3 is 5.73 Å².